The molecule has 1 aliphatic heterocycles. The molecule has 1 aliphatic carbocycles. The van der Waals surface area contributed by atoms with E-state index >= 15 is 0 Å². The number of ether oxygens (including phenoxy) is 1. The van der Waals surface area contributed by atoms with E-state index in [2.05, 4.69) is 5.32 Å². The van der Waals surface area contributed by atoms with Gasteiger partial charge >= 0.3 is 0 Å². The summed E-state index contributed by atoms with van der Waals surface area (Å²) in [4.78, 5) is 27.1. The molecule has 1 atom stereocenters. The fourth-order valence-corrected chi connectivity index (χ4v) is 3.86. The van der Waals surface area contributed by atoms with Gasteiger partial charge in [0, 0.05) is 24.7 Å². The molecule has 25 heavy (non-hydrogen) atoms. The van der Waals surface area contributed by atoms with Crippen LogP contribution in [0.15, 0.2) is 24.3 Å². The summed E-state index contributed by atoms with van der Waals surface area (Å²) in [6.07, 6.45) is 7.62. The molecule has 0 spiro atoms. The van der Waals surface area contributed by atoms with Crippen molar-refractivity contribution >= 4 is 11.8 Å². The average Bonchev–Trinajstić information content (AvgIpc) is 2.68. The fourth-order valence-electron chi connectivity index (χ4n) is 3.86. The third kappa shape index (κ3) is 4.53. The number of amides is 2. The molecule has 1 heterocycles. The number of carbonyl (C=O) groups is 2. The van der Waals surface area contributed by atoms with Crippen molar-refractivity contribution in [3.05, 3.63) is 29.8 Å². The number of rotatable bonds is 4. The molecule has 1 saturated carbocycles. The predicted molar refractivity (Wildman–Crippen MR) is 96.6 cm³/mol. The van der Waals surface area contributed by atoms with Crippen molar-refractivity contribution in [3.8, 4) is 5.75 Å². The third-order valence-corrected chi connectivity index (χ3v) is 5.37. The minimum absolute atomic E-state index is 0.00202. The Hall–Kier alpha value is -2.04. The van der Waals surface area contributed by atoms with Gasteiger partial charge in [-0.3, -0.25) is 9.59 Å². The van der Waals surface area contributed by atoms with Crippen LogP contribution in [0, 0.1) is 5.92 Å². The molecule has 1 aromatic rings. The van der Waals surface area contributed by atoms with Crippen molar-refractivity contribution in [2.75, 3.05) is 20.2 Å². The Labute approximate surface area is 149 Å². The highest BCUT2D eigenvalue weighted by Crippen LogP contribution is 2.22. The maximum atomic E-state index is 12.7. The SMILES string of the molecule is COc1ccc(C(=O)N2CCC[C@H](C(=O)NC3CCCCC3)C2)cc1. The largest absolute Gasteiger partial charge is 0.497 e. The van der Waals surface area contributed by atoms with E-state index in [1.807, 2.05) is 4.90 Å². The minimum Gasteiger partial charge on any atom is -0.497 e. The Kier molecular flexibility index (Phi) is 5.95. The Morgan fingerprint density at radius 1 is 1.04 bits per heavy atom. The van der Waals surface area contributed by atoms with Crippen molar-refractivity contribution in [2.24, 2.45) is 5.92 Å². The minimum atomic E-state index is -0.0853. The Balaban J connectivity index is 1.57. The number of likely N-dealkylation sites (tertiary alicyclic amines) is 1. The van der Waals surface area contributed by atoms with Gasteiger partial charge in [-0.1, -0.05) is 19.3 Å². The molecule has 0 radical (unpaired) electrons. The molecule has 1 aromatic carbocycles. The van der Waals surface area contributed by atoms with Gasteiger partial charge in [-0.2, -0.15) is 0 Å². The number of benzene rings is 1. The van der Waals surface area contributed by atoms with E-state index < -0.39 is 0 Å². The topological polar surface area (TPSA) is 58.6 Å². The zero-order chi connectivity index (χ0) is 17.6. The molecule has 0 unspecified atom stereocenters. The lowest BCUT2D eigenvalue weighted by Gasteiger charge is -2.33. The number of nitrogens with zero attached hydrogens (tertiary/aromatic N) is 1. The number of carbonyl (C=O) groups excluding carboxylic acids is 2. The normalized spacial score (nSPS) is 21.6. The van der Waals surface area contributed by atoms with Crippen LogP contribution in [0.3, 0.4) is 0 Å². The highest BCUT2D eigenvalue weighted by atomic mass is 16.5. The molecule has 1 saturated heterocycles. The monoisotopic (exact) mass is 344 g/mol. The summed E-state index contributed by atoms with van der Waals surface area (Å²) in [6, 6.07) is 7.49. The highest BCUT2D eigenvalue weighted by Gasteiger charge is 2.30. The summed E-state index contributed by atoms with van der Waals surface area (Å²) in [6.45, 7) is 1.24. The van der Waals surface area contributed by atoms with Crippen LogP contribution in [0.1, 0.15) is 55.3 Å². The van der Waals surface area contributed by atoms with E-state index in [-0.39, 0.29) is 17.7 Å². The van der Waals surface area contributed by atoms with Gasteiger partial charge in [0.25, 0.3) is 5.91 Å². The van der Waals surface area contributed by atoms with E-state index in [1.54, 1.807) is 31.4 Å². The Bertz CT molecular complexity index is 593. The molecule has 5 heteroatoms. The van der Waals surface area contributed by atoms with Gasteiger partial charge in [-0.05, 0) is 49.9 Å². The highest BCUT2D eigenvalue weighted by molar-refractivity contribution is 5.94. The summed E-state index contributed by atoms with van der Waals surface area (Å²) >= 11 is 0. The molecule has 0 aromatic heterocycles. The van der Waals surface area contributed by atoms with Crippen molar-refractivity contribution in [1.82, 2.24) is 10.2 Å². The van der Waals surface area contributed by atoms with Crippen LogP contribution in [0.5, 0.6) is 5.75 Å². The zero-order valence-corrected chi connectivity index (χ0v) is 15.0. The lowest BCUT2D eigenvalue weighted by atomic mass is 9.93. The van der Waals surface area contributed by atoms with Crippen molar-refractivity contribution in [1.29, 1.82) is 0 Å². The van der Waals surface area contributed by atoms with E-state index in [4.69, 9.17) is 4.74 Å². The zero-order valence-electron chi connectivity index (χ0n) is 15.0. The molecule has 2 aliphatic rings. The molecule has 1 N–H and O–H groups in total. The van der Waals surface area contributed by atoms with Gasteiger partial charge in [-0.25, -0.2) is 0 Å². The molecule has 3 rings (SSSR count). The second kappa shape index (κ2) is 8.37. The second-order valence-electron chi connectivity index (χ2n) is 7.16. The fraction of sp³-hybridized carbons (Fsp3) is 0.600. The number of methoxy groups -OCH3 is 1. The van der Waals surface area contributed by atoms with Gasteiger partial charge in [-0.15, -0.1) is 0 Å². The Morgan fingerprint density at radius 3 is 2.44 bits per heavy atom. The van der Waals surface area contributed by atoms with E-state index in [0.717, 1.165) is 38.0 Å². The van der Waals surface area contributed by atoms with E-state index in [9.17, 15) is 9.59 Å². The van der Waals surface area contributed by atoms with Crippen molar-refractivity contribution < 1.29 is 14.3 Å². The first-order valence-corrected chi connectivity index (χ1v) is 9.41. The molecule has 136 valence electrons. The number of piperidine rings is 1. The van der Waals surface area contributed by atoms with Gasteiger partial charge < -0.3 is 15.0 Å². The molecule has 2 amide bonds. The summed E-state index contributed by atoms with van der Waals surface area (Å²) in [5.74, 6) is 0.773. The summed E-state index contributed by atoms with van der Waals surface area (Å²) < 4.78 is 5.14. The van der Waals surface area contributed by atoms with Crippen LogP contribution < -0.4 is 10.1 Å². The standard InChI is InChI=1S/C20H28N2O3/c1-25-18-11-9-15(10-12-18)20(24)22-13-5-6-16(14-22)19(23)21-17-7-3-2-4-8-17/h9-12,16-17H,2-8,13-14H2,1H3,(H,21,23)/t16-/m0/s1. The molecule has 0 bridgehead atoms. The maximum absolute atomic E-state index is 12.7. The van der Waals surface area contributed by atoms with Crippen LogP contribution in [0.2, 0.25) is 0 Å². The van der Waals surface area contributed by atoms with Crippen LogP contribution >= 0.6 is 0 Å². The second-order valence-corrected chi connectivity index (χ2v) is 7.16. The van der Waals surface area contributed by atoms with Crippen LogP contribution in [-0.2, 0) is 4.79 Å². The van der Waals surface area contributed by atoms with E-state index in [1.165, 1.54) is 19.3 Å². The first-order valence-electron chi connectivity index (χ1n) is 9.41. The molecule has 5 nitrogen and oxygen atoms in total. The van der Waals surface area contributed by atoms with Gasteiger partial charge in [0.1, 0.15) is 5.75 Å². The molecule has 2 fully saturated rings. The quantitative estimate of drug-likeness (QED) is 0.913. The van der Waals surface area contributed by atoms with Crippen LogP contribution in [0.25, 0.3) is 0 Å². The lowest BCUT2D eigenvalue weighted by Crippen LogP contribution is -2.47. The molecular formula is C20H28N2O3. The smallest absolute Gasteiger partial charge is 0.253 e. The van der Waals surface area contributed by atoms with Gasteiger partial charge in [0.15, 0.2) is 0 Å². The number of hydrogen-bond acceptors (Lipinski definition) is 3. The summed E-state index contributed by atoms with van der Waals surface area (Å²) in [7, 11) is 1.61. The lowest BCUT2D eigenvalue weighted by molar-refractivity contribution is -0.127. The average molecular weight is 344 g/mol. The van der Waals surface area contributed by atoms with Gasteiger partial charge in [0.2, 0.25) is 5.91 Å². The Morgan fingerprint density at radius 2 is 1.76 bits per heavy atom. The number of nitrogens with one attached hydrogen (secondary N) is 1. The predicted octanol–water partition coefficient (Wildman–Crippen LogP) is 3.00. The number of hydrogen-bond donors (Lipinski definition) is 1. The van der Waals surface area contributed by atoms with E-state index in [0.29, 0.717) is 18.2 Å². The first kappa shape index (κ1) is 17.8. The van der Waals surface area contributed by atoms with Crippen LogP contribution in [-0.4, -0.2) is 43.0 Å². The summed E-state index contributed by atoms with van der Waals surface area (Å²) in [5, 5.41) is 3.21. The van der Waals surface area contributed by atoms with Crippen LogP contribution in [0.4, 0.5) is 0 Å². The summed E-state index contributed by atoms with van der Waals surface area (Å²) in [5.41, 5.74) is 0.647. The third-order valence-electron chi connectivity index (χ3n) is 5.37. The van der Waals surface area contributed by atoms with Crippen molar-refractivity contribution in [3.63, 3.8) is 0 Å². The van der Waals surface area contributed by atoms with Crippen molar-refractivity contribution in [2.45, 2.75) is 51.0 Å². The van der Waals surface area contributed by atoms with Gasteiger partial charge in [0.05, 0.1) is 13.0 Å². The first-order chi connectivity index (χ1) is 12.2. The maximum Gasteiger partial charge on any atom is 0.253 e. The molecular weight excluding hydrogens is 316 g/mol.